The minimum atomic E-state index is 0. The average molecular weight is 169 g/mol. The number of nitrogens with zero attached hydrogens (tertiary/aromatic N) is 1. The van der Waals surface area contributed by atoms with Crippen LogP contribution in [0.2, 0.25) is 0 Å². The molecule has 2 N–H and O–H groups in total. The molecule has 0 saturated carbocycles. The highest BCUT2D eigenvalue weighted by Gasteiger charge is 1.79. The Morgan fingerprint density at radius 1 is 1.43 bits per heavy atom. The average Bonchev–Trinajstić information content (AvgIpc) is 1.35. The van der Waals surface area contributed by atoms with Crippen LogP contribution in [0.25, 0.3) is 0 Å². The largest absolute Gasteiger partial charge is 0.329 e. The fourth-order valence-electron chi connectivity index (χ4n) is 0.258. The van der Waals surface area contributed by atoms with Crippen molar-refractivity contribution in [3.63, 3.8) is 0 Å². The second-order valence-corrected chi connectivity index (χ2v) is 1.59. The SMILES string of the molecule is Br.CN(C)CCN. The smallest absolute Gasteiger partial charge is 0.00985 e. The van der Waals surface area contributed by atoms with Crippen molar-refractivity contribution in [3.8, 4) is 0 Å². The van der Waals surface area contributed by atoms with Gasteiger partial charge in [-0.3, -0.25) is 0 Å². The standard InChI is InChI=1S/C4H12N2.BrH/c1-6(2)4-3-5;/h3-5H2,1-2H3;1H. The monoisotopic (exact) mass is 168 g/mol. The Morgan fingerprint density at radius 2 is 1.86 bits per heavy atom. The molecule has 0 bridgehead atoms. The molecule has 0 saturated heterocycles. The van der Waals surface area contributed by atoms with Gasteiger partial charge in [0.2, 0.25) is 0 Å². The molecule has 0 amide bonds. The van der Waals surface area contributed by atoms with E-state index in [4.69, 9.17) is 5.73 Å². The maximum Gasteiger partial charge on any atom is 0.00985 e. The molecule has 0 atom stereocenters. The van der Waals surface area contributed by atoms with Crippen molar-refractivity contribution in [1.29, 1.82) is 0 Å². The molecule has 0 radical (unpaired) electrons. The van der Waals surface area contributed by atoms with Crippen LogP contribution in [0.15, 0.2) is 0 Å². The predicted molar refractivity (Wildman–Crippen MR) is 37.9 cm³/mol. The van der Waals surface area contributed by atoms with E-state index in [1.165, 1.54) is 0 Å². The third kappa shape index (κ3) is 10.7. The first kappa shape index (κ1) is 10.4. The summed E-state index contributed by atoms with van der Waals surface area (Å²) >= 11 is 0. The lowest BCUT2D eigenvalue weighted by molar-refractivity contribution is 0.420. The first-order chi connectivity index (χ1) is 2.77. The number of nitrogens with two attached hydrogens (primary N) is 1. The van der Waals surface area contributed by atoms with Crippen LogP contribution in [0.5, 0.6) is 0 Å². The van der Waals surface area contributed by atoms with E-state index in [1.807, 2.05) is 14.1 Å². The van der Waals surface area contributed by atoms with E-state index >= 15 is 0 Å². The van der Waals surface area contributed by atoms with Crippen LogP contribution in [-0.2, 0) is 0 Å². The molecule has 0 rings (SSSR count). The highest BCUT2D eigenvalue weighted by Crippen LogP contribution is 1.64. The van der Waals surface area contributed by atoms with Crippen LogP contribution in [0.1, 0.15) is 0 Å². The molecule has 0 spiro atoms. The van der Waals surface area contributed by atoms with E-state index in [0.29, 0.717) is 0 Å². The molecular weight excluding hydrogens is 156 g/mol. The molecule has 3 heteroatoms. The first-order valence-corrected chi connectivity index (χ1v) is 2.12. The third-order valence-corrected chi connectivity index (χ3v) is 0.576. The van der Waals surface area contributed by atoms with Crippen LogP contribution in [0.4, 0.5) is 0 Å². The molecule has 0 aromatic rings. The molecule has 0 aliphatic rings. The van der Waals surface area contributed by atoms with Gasteiger partial charge in [0, 0.05) is 13.1 Å². The van der Waals surface area contributed by atoms with E-state index in [9.17, 15) is 0 Å². The molecule has 0 aromatic heterocycles. The molecule has 7 heavy (non-hydrogen) atoms. The highest BCUT2D eigenvalue weighted by atomic mass is 79.9. The number of hydrogen-bond donors (Lipinski definition) is 1. The molecule has 0 aromatic carbocycles. The van der Waals surface area contributed by atoms with Crippen molar-refractivity contribution in [2.75, 3.05) is 27.2 Å². The van der Waals surface area contributed by atoms with Gasteiger partial charge in [0.05, 0.1) is 0 Å². The summed E-state index contributed by atoms with van der Waals surface area (Å²) in [5.41, 5.74) is 5.19. The van der Waals surface area contributed by atoms with Crippen LogP contribution in [0.3, 0.4) is 0 Å². The maximum atomic E-state index is 5.19. The lowest BCUT2D eigenvalue weighted by atomic mass is 10.6. The van der Waals surface area contributed by atoms with Crippen molar-refractivity contribution >= 4 is 17.0 Å². The van der Waals surface area contributed by atoms with Gasteiger partial charge in [0.1, 0.15) is 0 Å². The minimum Gasteiger partial charge on any atom is -0.329 e. The summed E-state index contributed by atoms with van der Waals surface area (Å²) in [6, 6.07) is 0. The summed E-state index contributed by atoms with van der Waals surface area (Å²) in [4.78, 5) is 2.06. The van der Waals surface area contributed by atoms with Gasteiger partial charge in [-0.25, -0.2) is 0 Å². The van der Waals surface area contributed by atoms with Gasteiger partial charge >= 0.3 is 0 Å². The summed E-state index contributed by atoms with van der Waals surface area (Å²) in [5, 5.41) is 0. The Balaban J connectivity index is 0. The van der Waals surface area contributed by atoms with Gasteiger partial charge in [-0.05, 0) is 14.1 Å². The van der Waals surface area contributed by atoms with Crippen LogP contribution in [0, 0.1) is 0 Å². The summed E-state index contributed by atoms with van der Waals surface area (Å²) in [6.45, 7) is 1.74. The summed E-state index contributed by atoms with van der Waals surface area (Å²) in [5.74, 6) is 0. The maximum absolute atomic E-state index is 5.19. The lowest BCUT2D eigenvalue weighted by Gasteiger charge is -2.03. The van der Waals surface area contributed by atoms with Gasteiger partial charge in [0.15, 0.2) is 0 Å². The predicted octanol–water partition coefficient (Wildman–Crippen LogP) is 0.0846. The van der Waals surface area contributed by atoms with E-state index in [2.05, 4.69) is 4.90 Å². The second-order valence-electron chi connectivity index (χ2n) is 1.59. The van der Waals surface area contributed by atoms with Crippen LogP contribution in [-0.4, -0.2) is 32.1 Å². The van der Waals surface area contributed by atoms with Gasteiger partial charge in [-0.1, -0.05) is 0 Å². The van der Waals surface area contributed by atoms with Crippen LogP contribution < -0.4 is 5.73 Å². The molecular formula is C4H13BrN2. The highest BCUT2D eigenvalue weighted by molar-refractivity contribution is 8.93. The zero-order chi connectivity index (χ0) is 4.99. The van der Waals surface area contributed by atoms with Crippen molar-refractivity contribution in [2.45, 2.75) is 0 Å². The quantitative estimate of drug-likeness (QED) is 0.634. The van der Waals surface area contributed by atoms with E-state index < -0.39 is 0 Å². The molecule has 0 fully saturated rings. The summed E-state index contributed by atoms with van der Waals surface area (Å²) in [6.07, 6.45) is 0. The summed E-state index contributed by atoms with van der Waals surface area (Å²) < 4.78 is 0. The fraction of sp³-hybridized carbons (Fsp3) is 1.00. The Bertz CT molecular complexity index is 30.9. The number of halogens is 1. The fourth-order valence-corrected chi connectivity index (χ4v) is 0.258. The second kappa shape index (κ2) is 6.40. The van der Waals surface area contributed by atoms with Crippen molar-refractivity contribution < 1.29 is 0 Å². The molecule has 2 nitrogen and oxygen atoms in total. The topological polar surface area (TPSA) is 29.3 Å². The molecule has 0 aliphatic heterocycles. The van der Waals surface area contributed by atoms with E-state index in [1.54, 1.807) is 0 Å². The number of hydrogen-bond acceptors (Lipinski definition) is 2. The molecule has 0 unspecified atom stereocenters. The van der Waals surface area contributed by atoms with E-state index in [-0.39, 0.29) is 17.0 Å². The third-order valence-electron chi connectivity index (χ3n) is 0.576. The summed E-state index contributed by atoms with van der Waals surface area (Å²) in [7, 11) is 4.01. The van der Waals surface area contributed by atoms with Crippen molar-refractivity contribution in [2.24, 2.45) is 5.73 Å². The number of rotatable bonds is 2. The number of likely N-dealkylation sites (N-methyl/N-ethyl adjacent to an activating group) is 1. The molecule has 0 aliphatic carbocycles. The Labute approximate surface area is 55.4 Å². The van der Waals surface area contributed by atoms with Crippen molar-refractivity contribution in [3.05, 3.63) is 0 Å². The Hall–Kier alpha value is 0.400. The minimum absolute atomic E-state index is 0. The Morgan fingerprint density at radius 3 is 1.86 bits per heavy atom. The van der Waals surface area contributed by atoms with E-state index in [0.717, 1.165) is 13.1 Å². The lowest BCUT2D eigenvalue weighted by Crippen LogP contribution is -2.20. The van der Waals surface area contributed by atoms with Gasteiger partial charge in [-0.15, -0.1) is 17.0 Å². The van der Waals surface area contributed by atoms with Crippen LogP contribution >= 0.6 is 17.0 Å². The normalized spacial score (nSPS) is 8.57. The zero-order valence-corrected chi connectivity index (χ0v) is 6.56. The zero-order valence-electron chi connectivity index (χ0n) is 4.85. The Kier molecular flexibility index (Phi) is 9.50. The van der Waals surface area contributed by atoms with Crippen molar-refractivity contribution in [1.82, 2.24) is 4.90 Å². The molecule has 0 heterocycles. The molecule has 46 valence electrons. The van der Waals surface area contributed by atoms with Gasteiger partial charge < -0.3 is 10.6 Å². The van der Waals surface area contributed by atoms with Gasteiger partial charge in [-0.2, -0.15) is 0 Å². The van der Waals surface area contributed by atoms with Gasteiger partial charge in [0.25, 0.3) is 0 Å². The first-order valence-electron chi connectivity index (χ1n) is 2.12.